The van der Waals surface area contributed by atoms with Gasteiger partial charge in [0.25, 0.3) is 0 Å². The highest BCUT2D eigenvalue weighted by atomic mass is 16.6. The van der Waals surface area contributed by atoms with Crippen LogP contribution in [0.4, 0.5) is 5.69 Å². The summed E-state index contributed by atoms with van der Waals surface area (Å²) in [6, 6.07) is 1.32. The minimum Gasteiger partial charge on any atom is -0.460 e. The number of carbonyl (C=O) groups is 1. The molecule has 1 heterocycles. The fourth-order valence-electron chi connectivity index (χ4n) is 1.39. The number of ether oxygens (including phenoxy) is 1. The van der Waals surface area contributed by atoms with Crippen molar-refractivity contribution in [3.63, 3.8) is 0 Å². The third-order valence-corrected chi connectivity index (χ3v) is 1.96. The molecule has 0 spiro atoms. The number of H-pyrrole nitrogens is 1. The Morgan fingerprint density at radius 2 is 2.11 bits per heavy atom. The lowest BCUT2D eigenvalue weighted by Crippen LogP contribution is -2.25. The first kappa shape index (κ1) is 13.9. The highest BCUT2D eigenvalue weighted by molar-refractivity contribution is 5.74. The molecule has 1 aromatic heterocycles. The van der Waals surface area contributed by atoms with Gasteiger partial charge >= 0.3 is 17.2 Å². The molecule has 0 aliphatic rings. The molecule has 7 nitrogen and oxygen atoms in total. The zero-order valence-electron chi connectivity index (χ0n) is 10.4. The van der Waals surface area contributed by atoms with Crippen LogP contribution in [0.2, 0.25) is 0 Å². The average Bonchev–Trinajstić information content (AvgIpc) is 2.13. The minimum absolute atomic E-state index is 0.0398. The van der Waals surface area contributed by atoms with Gasteiger partial charge in [0.2, 0.25) is 0 Å². The van der Waals surface area contributed by atoms with Crippen LogP contribution in [0.15, 0.2) is 17.1 Å². The van der Waals surface area contributed by atoms with E-state index in [1.54, 1.807) is 20.8 Å². The van der Waals surface area contributed by atoms with Gasteiger partial charge in [0.15, 0.2) is 0 Å². The van der Waals surface area contributed by atoms with Gasteiger partial charge in [-0.05, 0) is 26.8 Å². The van der Waals surface area contributed by atoms with Crippen molar-refractivity contribution in [3.8, 4) is 0 Å². The van der Waals surface area contributed by atoms with Crippen LogP contribution in [0.5, 0.6) is 0 Å². The Hall–Kier alpha value is -2.18. The molecule has 98 valence electrons. The number of aromatic nitrogens is 1. The van der Waals surface area contributed by atoms with E-state index < -0.39 is 27.7 Å². The fourth-order valence-corrected chi connectivity index (χ4v) is 1.39. The molecule has 0 aliphatic carbocycles. The molecule has 1 aromatic rings. The predicted octanol–water partition coefficient (Wildman–Crippen LogP) is 1.17. The molecule has 0 amide bonds. The van der Waals surface area contributed by atoms with Crippen LogP contribution in [0.1, 0.15) is 26.3 Å². The van der Waals surface area contributed by atoms with E-state index in [9.17, 15) is 19.7 Å². The number of hydrogen-bond acceptors (Lipinski definition) is 5. The second-order valence-electron chi connectivity index (χ2n) is 4.70. The van der Waals surface area contributed by atoms with Gasteiger partial charge < -0.3 is 9.72 Å². The van der Waals surface area contributed by atoms with Gasteiger partial charge in [0, 0.05) is 11.8 Å². The van der Waals surface area contributed by atoms with Crippen molar-refractivity contribution in [2.24, 2.45) is 0 Å². The standard InChI is InChI=1S/C11H14N2O5/c1-11(2,3)18-8(14)6-7-4-5-12-10(15)9(7)13(16)17/h4-5H,6H2,1-3H3,(H,12,15). The first-order chi connectivity index (χ1) is 8.20. The molecule has 1 rings (SSSR count). The normalized spacial score (nSPS) is 11.1. The lowest BCUT2D eigenvalue weighted by molar-refractivity contribution is -0.387. The Balaban J connectivity index is 2.99. The summed E-state index contributed by atoms with van der Waals surface area (Å²) in [5.74, 6) is -0.615. The smallest absolute Gasteiger partial charge is 0.337 e. The maximum Gasteiger partial charge on any atom is 0.337 e. The minimum atomic E-state index is -0.832. The summed E-state index contributed by atoms with van der Waals surface area (Å²) in [6.45, 7) is 5.07. The number of nitrogens with zero attached hydrogens (tertiary/aromatic N) is 1. The Morgan fingerprint density at radius 3 is 2.61 bits per heavy atom. The predicted molar refractivity (Wildman–Crippen MR) is 63.3 cm³/mol. The topological polar surface area (TPSA) is 102 Å². The molecule has 1 N–H and O–H groups in total. The summed E-state index contributed by atoms with van der Waals surface area (Å²) in [7, 11) is 0. The maximum absolute atomic E-state index is 11.6. The maximum atomic E-state index is 11.6. The van der Waals surface area contributed by atoms with Crippen molar-refractivity contribution < 1.29 is 14.5 Å². The second-order valence-corrected chi connectivity index (χ2v) is 4.70. The Labute approximate surface area is 103 Å². The largest absolute Gasteiger partial charge is 0.460 e. The molecule has 0 unspecified atom stereocenters. The number of carbonyl (C=O) groups excluding carboxylic acids is 1. The molecule has 7 heteroatoms. The quantitative estimate of drug-likeness (QED) is 0.495. The van der Waals surface area contributed by atoms with Gasteiger partial charge in [-0.3, -0.25) is 19.7 Å². The van der Waals surface area contributed by atoms with E-state index in [2.05, 4.69) is 4.98 Å². The molecule has 18 heavy (non-hydrogen) atoms. The SMILES string of the molecule is CC(C)(C)OC(=O)Cc1cc[nH]c(=O)c1[N+](=O)[O-]. The van der Waals surface area contributed by atoms with Crippen LogP contribution in [0, 0.1) is 10.1 Å². The molecular formula is C11H14N2O5. The molecule has 0 atom stereocenters. The van der Waals surface area contributed by atoms with E-state index in [-0.39, 0.29) is 12.0 Å². The summed E-state index contributed by atoms with van der Waals surface area (Å²) in [5.41, 5.74) is -2.09. The Kier molecular flexibility index (Phi) is 3.85. The molecule has 0 bridgehead atoms. The number of hydrogen-bond donors (Lipinski definition) is 1. The number of pyridine rings is 1. The molecule has 0 aromatic carbocycles. The van der Waals surface area contributed by atoms with Crippen LogP contribution >= 0.6 is 0 Å². The van der Waals surface area contributed by atoms with Gasteiger partial charge in [-0.15, -0.1) is 0 Å². The molecule has 0 radical (unpaired) electrons. The highest BCUT2D eigenvalue weighted by Crippen LogP contribution is 2.15. The molecule has 0 saturated heterocycles. The number of nitro groups is 1. The van der Waals surface area contributed by atoms with Crippen molar-refractivity contribution >= 4 is 11.7 Å². The van der Waals surface area contributed by atoms with Crippen LogP contribution < -0.4 is 5.56 Å². The Morgan fingerprint density at radius 1 is 1.50 bits per heavy atom. The Bertz CT molecular complexity index is 527. The van der Waals surface area contributed by atoms with E-state index in [0.29, 0.717) is 0 Å². The second kappa shape index (κ2) is 4.99. The number of esters is 1. The fraction of sp³-hybridized carbons (Fsp3) is 0.455. The van der Waals surface area contributed by atoms with Crippen LogP contribution in [0.3, 0.4) is 0 Å². The summed E-state index contributed by atoms with van der Waals surface area (Å²) in [6.07, 6.45) is 0.951. The molecule has 0 fully saturated rings. The zero-order valence-corrected chi connectivity index (χ0v) is 10.4. The lowest BCUT2D eigenvalue weighted by atomic mass is 10.1. The van der Waals surface area contributed by atoms with Crippen molar-refractivity contribution in [1.82, 2.24) is 4.98 Å². The van der Waals surface area contributed by atoms with Gasteiger partial charge in [0.1, 0.15) is 5.60 Å². The van der Waals surface area contributed by atoms with Crippen LogP contribution in [-0.4, -0.2) is 21.5 Å². The summed E-state index contributed by atoms with van der Waals surface area (Å²) < 4.78 is 5.04. The summed E-state index contributed by atoms with van der Waals surface area (Å²) in [4.78, 5) is 35.0. The van der Waals surface area contributed by atoms with E-state index in [1.165, 1.54) is 12.3 Å². The first-order valence-corrected chi connectivity index (χ1v) is 5.27. The monoisotopic (exact) mass is 254 g/mol. The van der Waals surface area contributed by atoms with E-state index in [4.69, 9.17) is 4.74 Å². The van der Waals surface area contributed by atoms with Gasteiger partial charge in [-0.25, -0.2) is 0 Å². The number of nitrogens with one attached hydrogen (secondary N) is 1. The van der Waals surface area contributed by atoms with Crippen molar-refractivity contribution in [1.29, 1.82) is 0 Å². The van der Waals surface area contributed by atoms with Crippen LogP contribution in [-0.2, 0) is 16.0 Å². The van der Waals surface area contributed by atoms with E-state index in [1.807, 2.05) is 0 Å². The van der Waals surface area contributed by atoms with Crippen molar-refractivity contribution in [2.75, 3.05) is 0 Å². The van der Waals surface area contributed by atoms with Crippen LogP contribution in [0.25, 0.3) is 0 Å². The summed E-state index contributed by atoms with van der Waals surface area (Å²) in [5, 5.41) is 10.7. The lowest BCUT2D eigenvalue weighted by Gasteiger charge is -2.19. The molecule has 0 aliphatic heterocycles. The van der Waals surface area contributed by atoms with Gasteiger partial charge in [-0.1, -0.05) is 0 Å². The number of aromatic amines is 1. The van der Waals surface area contributed by atoms with E-state index >= 15 is 0 Å². The zero-order chi connectivity index (χ0) is 13.9. The van der Waals surface area contributed by atoms with Gasteiger partial charge in [-0.2, -0.15) is 0 Å². The van der Waals surface area contributed by atoms with Gasteiger partial charge in [0.05, 0.1) is 11.3 Å². The van der Waals surface area contributed by atoms with Crippen molar-refractivity contribution in [3.05, 3.63) is 38.3 Å². The first-order valence-electron chi connectivity index (χ1n) is 5.27. The third kappa shape index (κ3) is 3.69. The average molecular weight is 254 g/mol. The van der Waals surface area contributed by atoms with E-state index in [0.717, 1.165) is 0 Å². The molecular weight excluding hydrogens is 240 g/mol. The van der Waals surface area contributed by atoms with Crippen molar-refractivity contribution in [2.45, 2.75) is 32.8 Å². The highest BCUT2D eigenvalue weighted by Gasteiger charge is 2.23. The summed E-state index contributed by atoms with van der Waals surface area (Å²) >= 11 is 0. The molecule has 0 saturated carbocycles. The number of rotatable bonds is 3. The third-order valence-electron chi connectivity index (χ3n) is 1.96.